The molecule has 112 valence electrons. The van der Waals surface area contributed by atoms with Crippen LogP contribution in [0.5, 0.6) is 11.5 Å². The maximum Gasteiger partial charge on any atom is 0.133 e. The van der Waals surface area contributed by atoms with Crippen LogP contribution in [0, 0.1) is 11.6 Å². The lowest BCUT2D eigenvalue weighted by molar-refractivity contribution is 0.460. The molecular weight excluding hydrogens is 340 g/mol. The molecule has 5 heteroatoms. The maximum absolute atomic E-state index is 13.2. The summed E-state index contributed by atoms with van der Waals surface area (Å²) in [5, 5.41) is 3.28. The Kier molecular flexibility index (Phi) is 5.70. The molecule has 21 heavy (non-hydrogen) atoms. The van der Waals surface area contributed by atoms with E-state index in [0.717, 1.165) is 41.2 Å². The van der Waals surface area contributed by atoms with Gasteiger partial charge >= 0.3 is 0 Å². The third kappa shape index (κ3) is 4.79. The molecule has 0 unspecified atom stereocenters. The van der Waals surface area contributed by atoms with Crippen molar-refractivity contribution in [1.82, 2.24) is 5.32 Å². The van der Waals surface area contributed by atoms with E-state index in [9.17, 15) is 8.78 Å². The third-order valence-electron chi connectivity index (χ3n) is 2.84. The van der Waals surface area contributed by atoms with Gasteiger partial charge in [0.2, 0.25) is 0 Å². The van der Waals surface area contributed by atoms with Gasteiger partial charge in [0.25, 0.3) is 0 Å². The monoisotopic (exact) mass is 355 g/mol. The number of ether oxygens (including phenoxy) is 1. The molecule has 2 aromatic carbocycles. The summed E-state index contributed by atoms with van der Waals surface area (Å²) in [6.45, 7) is 3.61. The molecule has 0 aliphatic carbocycles. The van der Waals surface area contributed by atoms with Gasteiger partial charge in [0, 0.05) is 34.8 Å². The summed E-state index contributed by atoms with van der Waals surface area (Å²) in [5.41, 5.74) is 0.927. The minimum absolute atomic E-state index is 0.141. The van der Waals surface area contributed by atoms with Crippen molar-refractivity contribution in [3.05, 3.63) is 58.1 Å². The Labute approximate surface area is 131 Å². The highest BCUT2D eigenvalue weighted by molar-refractivity contribution is 9.10. The van der Waals surface area contributed by atoms with Crippen molar-refractivity contribution >= 4 is 15.9 Å². The minimum atomic E-state index is -0.661. The average molecular weight is 356 g/mol. The molecule has 0 spiro atoms. The van der Waals surface area contributed by atoms with Gasteiger partial charge in [0.05, 0.1) is 0 Å². The van der Waals surface area contributed by atoms with Crippen molar-refractivity contribution in [3.8, 4) is 11.5 Å². The quantitative estimate of drug-likeness (QED) is 0.734. The fourth-order valence-corrected chi connectivity index (χ4v) is 2.22. The molecule has 0 radical (unpaired) electrons. The summed E-state index contributed by atoms with van der Waals surface area (Å²) in [5.74, 6) is -0.614. The van der Waals surface area contributed by atoms with E-state index < -0.39 is 11.6 Å². The Balaban J connectivity index is 2.22. The second kappa shape index (κ2) is 7.52. The van der Waals surface area contributed by atoms with Crippen LogP contribution in [-0.4, -0.2) is 6.54 Å². The van der Waals surface area contributed by atoms with Gasteiger partial charge in [-0.15, -0.1) is 0 Å². The lowest BCUT2D eigenvalue weighted by Crippen LogP contribution is -2.14. The third-order valence-corrected chi connectivity index (χ3v) is 3.33. The summed E-state index contributed by atoms with van der Waals surface area (Å²) in [6, 6.07) is 8.74. The number of hydrogen-bond donors (Lipinski definition) is 1. The predicted octanol–water partition coefficient (Wildman–Crippen LogP) is 5.02. The van der Waals surface area contributed by atoms with Crippen molar-refractivity contribution < 1.29 is 13.5 Å². The molecule has 0 aliphatic heterocycles. The number of halogens is 3. The predicted molar refractivity (Wildman–Crippen MR) is 82.6 cm³/mol. The lowest BCUT2D eigenvalue weighted by Gasteiger charge is -2.12. The Morgan fingerprint density at radius 3 is 2.48 bits per heavy atom. The van der Waals surface area contributed by atoms with Crippen molar-refractivity contribution in [2.24, 2.45) is 0 Å². The molecule has 0 atom stereocenters. The molecule has 0 fully saturated rings. The van der Waals surface area contributed by atoms with E-state index in [1.165, 1.54) is 0 Å². The summed E-state index contributed by atoms with van der Waals surface area (Å²) in [7, 11) is 0. The number of rotatable bonds is 6. The fourth-order valence-electron chi connectivity index (χ4n) is 1.88. The van der Waals surface area contributed by atoms with Crippen LogP contribution in [0.15, 0.2) is 40.9 Å². The topological polar surface area (TPSA) is 21.3 Å². The van der Waals surface area contributed by atoms with Crippen LogP contribution in [0.1, 0.15) is 18.9 Å². The number of nitrogens with one attached hydrogen (secondary N) is 1. The normalized spacial score (nSPS) is 10.7. The zero-order valence-corrected chi connectivity index (χ0v) is 13.2. The van der Waals surface area contributed by atoms with Crippen molar-refractivity contribution in [1.29, 1.82) is 0 Å². The Hall–Kier alpha value is -1.46. The van der Waals surface area contributed by atoms with Crippen LogP contribution in [0.4, 0.5) is 8.78 Å². The first kappa shape index (κ1) is 15.9. The van der Waals surface area contributed by atoms with E-state index in [4.69, 9.17) is 4.74 Å². The first-order valence-corrected chi connectivity index (χ1v) is 7.51. The summed E-state index contributed by atoms with van der Waals surface area (Å²) in [4.78, 5) is 0. The Bertz CT molecular complexity index is 599. The molecule has 1 N–H and O–H groups in total. The van der Waals surface area contributed by atoms with Gasteiger partial charge in [0.1, 0.15) is 23.1 Å². The molecule has 2 aromatic rings. The van der Waals surface area contributed by atoms with Gasteiger partial charge in [-0.05, 0) is 25.1 Å². The standard InChI is InChI=1S/C16H16BrF2NO/c1-2-5-20-10-11-3-4-12(17)6-16(11)21-15-8-13(18)7-14(19)9-15/h3-4,6-9,20H,2,5,10H2,1H3. The van der Waals surface area contributed by atoms with Crippen LogP contribution in [0.25, 0.3) is 0 Å². The highest BCUT2D eigenvalue weighted by atomic mass is 79.9. The maximum atomic E-state index is 13.2. The van der Waals surface area contributed by atoms with E-state index in [1.807, 2.05) is 12.1 Å². The van der Waals surface area contributed by atoms with Crippen molar-refractivity contribution in [3.63, 3.8) is 0 Å². The van der Waals surface area contributed by atoms with E-state index >= 15 is 0 Å². The van der Waals surface area contributed by atoms with Crippen molar-refractivity contribution in [2.45, 2.75) is 19.9 Å². The van der Waals surface area contributed by atoms with Gasteiger partial charge in [-0.3, -0.25) is 0 Å². The Morgan fingerprint density at radius 1 is 1.10 bits per heavy atom. The first-order chi connectivity index (χ1) is 10.1. The second-order valence-corrected chi connectivity index (χ2v) is 5.55. The SMILES string of the molecule is CCCNCc1ccc(Br)cc1Oc1cc(F)cc(F)c1. The zero-order chi connectivity index (χ0) is 15.2. The zero-order valence-electron chi connectivity index (χ0n) is 11.6. The van der Waals surface area contributed by atoms with Gasteiger partial charge in [0.15, 0.2) is 0 Å². The van der Waals surface area contributed by atoms with E-state index in [0.29, 0.717) is 12.3 Å². The molecular formula is C16H16BrF2NO. The van der Waals surface area contributed by atoms with Gasteiger partial charge in [-0.25, -0.2) is 8.78 Å². The first-order valence-electron chi connectivity index (χ1n) is 6.71. The highest BCUT2D eigenvalue weighted by Crippen LogP contribution is 2.29. The number of hydrogen-bond acceptors (Lipinski definition) is 2. The van der Waals surface area contributed by atoms with Crippen LogP contribution in [0.3, 0.4) is 0 Å². The van der Waals surface area contributed by atoms with Crippen LogP contribution < -0.4 is 10.1 Å². The average Bonchev–Trinajstić information content (AvgIpc) is 2.40. The van der Waals surface area contributed by atoms with Gasteiger partial charge in [-0.2, -0.15) is 0 Å². The summed E-state index contributed by atoms with van der Waals surface area (Å²) in [6.07, 6.45) is 1.03. The molecule has 0 heterocycles. The van der Waals surface area contributed by atoms with Gasteiger partial charge in [-0.1, -0.05) is 28.9 Å². The van der Waals surface area contributed by atoms with Crippen LogP contribution >= 0.6 is 15.9 Å². The minimum Gasteiger partial charge on any atom is -0.457 e. The molecule has 2 rings (SSSR count). The number of benzene rings is 2. The van der Waals surface area contributed by atoms with E-state index in [1.54, 1.807) is 6.07 Å². The van der Waals surface area contributed by atoms with Crippen molar-refractivity contribution in [2.75, 3.05) is 6.54 Å². The van der Waals surface area contributed by atoms with Gasteiger partial charge < -0.3 is 10.1 Å². The molecule has 0 bridgehead atoms. The fraction of sp³-hybridized carbons (Fsp3) is 0.250. The molecule has 0 aromatic heterocycles. The summed E-state index contributed by atoms with van der Waals surface area (Å²) >= 11 is 3.37. The molecule has 2 nitrogen and oxygen atoms in total. The molecule has 0 amide bonds. The van der Waals surface area contributed by atoms with E-state index in [-0.39, 0.29) is 5.75 Å². The summed E-state index contributed by atoms with van der Waals surface area (Å²) < 4.78 is 32.9. The van der Waals surface area contributed by atoms with E-state index in [2.05, 4.69) is 28.2 Å². The second-order valence-electron chi connectivity index (χ2n) is 4.64. The molecule has 0 saturated carbocycles. The smallest absolute Gasteiger partial charge is 0.133 e. The molecule has 0 aliphatic rings. The lowest BCUT2D eigenvalue weighted by atomic mass is 10.2. The Morgan fingerprint density at radius 2 is 1.81 bits per heavy atom. The van der Waals surface area contributed by atoms with Crippen LogP contribution in [0.2, 0.25) is 0 Å². The highest BCUT2D eigenvalue weighted by Gasteiger charge is 2.08. The largest absolute Gasteiger partial charge is 0.457 e. The molecule has 0 saturated heterocycles. The van der Waals surface area contributed by atoms with Crippen LogP contribution in [-0.2, 0) is 6.54 Å².